The molecule has 1 aromatic heterocycles. The van der Waals surface area contributed by atoms with Crippen molar-refractivity contribution < 1.29 is 0 Å². The van der Waals surface area contributed by atoms with Crippen molar-refractivity contribution in [2.24, 2.45) is 20.0 Å². The molecule has 0 bridgehead atoms. The van der Waals surface area contributed by atoms with Crippen LogP contribution in [0.2, 0.25) is 0 Å². The molecule has 0 unspecified atom stereocenters. The first kappa shape index (κ1) is 14.9. The van der Waals surface area contributed by atoms with Crippen LogP contribution in [0, 0.1) is 17.2 Å². The van der Waals surface area contributed by atoms with E-state index in [1.807, 2.05) is 6.07 Å². The van der Waals surface area contributed by atoms with Crippen molar-refractivity contribution in [1.82, 2.24) is 9.13 Å². The fraction of sp³-hybridized carbons (Fsp3) is 0.688. The predicted molar refractivity (Wildman–Crippen MR) is 83.9 cm³/mol. The summed E-state index contributed by atoms with van der Waals surface area (Å²) in [7, 11) is 3.08. The summed E-state index contributed by atoms with van der Waals surface area (Å²) in [6.45, 7) is 2.13. The second-order valence-corrected chi connectivity index (χ2v) is 6.62. The zero-order chi connectivity index (χ0) is 16.0. The van der Waals surface area contributed by atoms with Crippen molar-refractivity contribution in [3.63, 3.8) is 0 Å². The minimum atomic E-state index is -0.493. The van der Waals surface area contributed by atoms with Crippen molar-refractivity contribution in [1.29, 1.82) is 5.26 Å². The molecule has 1 saturated heterocycles. The molecule has 0 aromatic carbocycles. The highest BCUT2D eigenvalue weighted by molar-refractivity contribution is 5.56. The summed E-state index contributed by atoms with van der Waals surface area (Å²) in [5, 5.41) is 9.48. The molecule has 0 N–H and O–H groups in total. The monoisotopic (exact) mass is 302 g/mol. The van der Waals surface area contributed by atoms with Crippen LogP contribution in [0.15, 0.2) is 9.59 Å². The number of rotatable bonds is 1. The molecule has 1 aliphatic heterocycles. The first-order valence-electron chi connectivity index (χ1n) is 7.95. The summed E-state index contributed by atoms with van der Waals surface area (Å²) in [5.41, 5.74) is -0.778. The van der Waals surface area contributed by atoms with Crippen molar-refractivity contribution in [2.75, 3.05) is 4.90 Å². The molecular weight excluding hydrogens is 280 g/mol. The summed E-state index contributed by atoms with van der Waals surface area (Å²) >= 11 is 0. The normalized spacial score (nSPS) is 27.5. The Kier molecular flexibility index (Phi) is 3.59. The van der Waals surface area contributed by atoms with E-state index in [-0.39, 0.29) is 17.3 Å². The second kappa shape index (κ2) is 5.31. The zero-order valence-corrected chi connectivity index (χ0v) is 13.4. The van der Waals surface area contributed by atoms with Gasteiger partial charge in [-0.3, -0.25) is 13.9 Å². The minimum absolute atomic E-state index is 0.0858. The molecule has 0 spiro atoms. The summed E-state index contributed by atoms with van der Waals surface area (Å²) in [6.07, 6.45) is 5.77. The molecule has 2 heterocycles. The van der Waals surface area contributed by atoms with E-state index >= 15 is 0 Å². The standard InChI is InChI=1S/C16H22N4O2/c1-10-8-11-6-4-5-7-13(11)20(10)14-12(9-17)15(21)19(3)16(22)18(14)2/h10-11,13H,4-8H2,1-3H3/t10-,11-,13-/m1/s1. The number of nitrogens with zero attached hydrogens (tertiary/aromatic N) is 4. The van der Waals surface area contributed by atoms with Gasteiger partial charge in [0.15, 0.2) is 5.56 Å². The van der Waals surface area contributed by atoms with E-state index in [0.717, 1.165) is 17.4 Å². The molecule has 118 valence electrons. The molecule has 1 aliphatic carbocycles. The van der Waals surface area contributed by atoms with Gasteiger partial charge in [-0.1, -0.05) is 12.8 Å². The van der Waals surface area contributed by atoms with Crippen LogP contribution in [0.4, 0.5) is 5.82 Å². The first-order chi connectivity index (χ1) is 10.5. The van der Waals surface area contributed by atoms with Gasteiger partial charge in [-0.05, 0) is 32.1 Å². The van der Waals surface area contributed by atoms with Gasteiger partial charge in [-0.2, -0.15) is 5.26 Å². The third-order valence-corrected chi connectivity index (χ3v) is 5.34. The number of hydrogen-bond acceptors (Lipinski definition) is 4. The summed E-state index contributed by atoms with van der Waals surface area (Å²) in [5.74, 6) is 1.12. The van der Waals surface area contributed by atoms with Crippen molar-refractivity contribution in [3.8, 4) is 6.07 Å². The van der Waals surface area contributed by atoms with Crippen LogP contribution in [0.3, 0.4) is 0 Å². The van der Waals surface area contributed by atoms with Crippen LogP contribution < -0.4 is 16.1 Å². The van der Waals surface area contributed by atoms with Gasteiger partial charge in [0.25, 0.3) is 5.56 Å². The molecule has 2 fully saturated rings. The van der Waals surface area contributed by atoms with Gasteiger partial charge >= 0.3 is 5.69 Å². The Labute approximate surface area is 129 Å². The molecule has 3 atom stereocenters. The van der Waals surface area contributed by atoms with E-state index in [4.69, 9.17) is 0 Å². The summed E-state index contributed by atoms with van der Waals surface area (Å²) in [6, 6.07) is 2.62. The van der Waals surface area contributed by atoms with E-state index < -0.39 is 5.56 Å². The SMILES string of the molecule is C[C@@H]1C[C@H]2CCCC[C@H]2N1c1c(C#N)c(=O)n(C)c(=O)n1C. The highest BCUT2D eigenvalue weighted by Gasteiger charge is 2.42. The Morgan fingerprint density at radius 2 is 1.82 bits per heavy atom. The van der Waals surface area contributed by atoms with Crippen LogP contribution in [-0.4, -0.2) is 21.2 Å². The van der Waals surface area contributed by atoms with E-state index in [9.17, 15) is 14.9 Å². The topological polar surface area (TPSA) is 71.0 Å². The minimum Gasteiger partial charge on any atom is -0.351 e. The van der Waals surface area contributed by atoms with E-state index in [1.165, 1.54) is 30.9 Å². The average molecular weight is 302 g/mol. The molecule has 6 nitrogen and oxygen atoms in total. The molecule has 3 rings (SSSR count). The van der Waals surface area contributed by atoms with Gasteiger partial charge in [0, 0.05) is 26.2 Å². The molecule has 1 aromatic rings. The Morgan fingerprint density at radius 1 is 1.14 bits per heavy atom. The van der Waals surface area contributed by atoms with Gasteiger partial charge in [0.1, 0.15) is 11.9 Å². The van der Waals surface area contributed by atoms with Crippen molar-refractivity contribution in [3.05, 3.63) is 26.4 Å². The largest absolute Gasteiger partial charge is 0.351 e. The molecule has 22 heavy (non-hydrogen) atoms. The van der Waals surface area contributed by atoms with Gasteiger partial charge in [0.05, 0.1) is 0 Å². The maximum absolute atomic E-state index is 12.3. The van der Waals surface area contributed by atoms with Gasteiger partial charge < -0.3 is 4.90 Å². The third kappa shape index (κ3) is 1.99. The first-order valence-corrected chi connectivity index (χ1v) is 7.95. The maximum atomic E-state index is 12.3. The lowest BCUT2D eigenvalue weighted by molar-refractivity contribution is 0.340. The average Bonchev–Trinajstić information content (AvgIpc) is 2.84. The van der Waals surface area contributed by atoms with E-state index in [2.05, 4.69) is 11.8 Å². The van der Waals surface area contributed by atoms with Gasteiger partial charge in [0.2, 0.25) is 0 Å². The number of aromatic nitrogens is 2. The second-order valence-electron chi connectivity index (χ2n) is 6.62. The lowest BCUT2D eigenvalue weighted by Crippen LogP contribution is -2.46. The number of anilines is 1. The van der Waals surface area contributed by atoms with Crippen LogP contribution in [0.1, 0.15) is 44.6 Å². The lowest BCUT2D eigenvalue weighted by atomic mass is 9.85. The molecule has 0 radical (unpaired) electrons. The predicted octanol–water partition coefficient (Wildman–Crippen LogP) is 1.11. The van der Waals surface area contributed by atoms with Crippen LogP contribution >= 0.6 is 0 Å². The molecule has 2 aliphatic rings. The quantitative estimate of drug-likeness (QED) is 0.779. The lowest BCUT2D eigenvalue weighted by Gasteiger charge is -2.36. The fourth-order valence-electron chi connectivity index (χ4n) is 4.31. The van der Waals surface area contributed by atoms with Crippen LogP contribution in [0.5, 0.6) is 0 Å². The zero-order valence-electron chi connectivity index (χ0n) is 13.4. The van der Waals surface area contributed by atoms with Crippen LogP contribution in [0.25, 0.3) is 0 Å². The number of hydrogen-bond donors (Lipinski definition) is 0. The molecule has 1 saturated carbocycles. The smallest absolute Gasteiger partial charge is 0.332 e. The summed E-state index contributed by atoms with van der Waals surface area (Å²) < 4.78 is 2.48. The van der Waals surface area contributed by atoms with Crippen molar-refractivity contribution in [2.45, 2.75) is 51.1 Å². The van der Waals surface area contributed by atoms with Gasteiger partial charge in [-0.15, -0.1) is 0 Å². The number of fused-ring (bicyclic) bond motifs is 1. The Balaban J connectivity index is 2.22. The third-order valence-electron chi connectivity index (χ3n) is 5.34. The summed E-state index contributed by atoms with van der Waals surface area (Å²) in [4.78, 5) is 26.8. The molecular formula is C16H22N4O2. The molecule has 0 amide bonds. The van der Waals surface area contributed by atoms with Crippen LogP contribution in [-0.2, 0) is 14.1 Å². The fourth-order valence-corrected chi connectivity index (χ4v) is 4.31. The highest BCUT2D eigenvalue weighted by Crippen LogP contribution is 2.42. The molecule has 6 heteroatoms. The van der Waals surface area contributed by atoms with Gasteiger partial charge in [-0.25, -0.2) is 4.79 Å². The van der Waals surface area contributed by atoms with E-state index in [0.29, 0.717) is 17.8 Å². The number of nitriles is 1. The van der Waals surface area contributed by atoms with Crippen molar-refractivity contribution >= 4 is 5.82 Å². The van der Waals surface area contributed by atoms with E-state index in [1.54, 1.807) is 7.05 Å². The maximum Gasteiger partial charge on any atom is 0.332 e. The Hall–Kier alpha value is -2.03. The highest BCUT2D eigenvalue weighted by atomic mass is 16.2. The Morgan fingerprint density at radius 3 is 2.50 bits per heavy atom. The Bertz CT molecular complexity index is 755.